The molecular weight excluding hydrogens is 443 g/mol. The van der Waals surface area contributed by atoms with Crippen LogP contribution in [0.15, 0.2) is 24.3 Å². The van der Waals surface area contributed by atoms with Gasteiger partial charge in [0.1, 0.15) is 10.8 Å². The third kappa shape index (κ3) is 5.71. The molecule has 166 valence electrons. The van der Waals surface area contributed by atoms with Crippen LogP contribution in [-0.4, -0.2) is 42.4 Å². The Morgan fingerprint density at radius 3 is 2.48 bits per heavy atom. The van der Waals surface area contributed by atoms with Gasteiger partial charge < -0.3 is 15.0 Å². The Bertz CT molecular complexity index is 995. The highest BCUT2D eigenvalue weighted by atomic mass is 35.5. The Kier molecular flexibility index (Phi) is 8.76. The van der Waals surface area contributed by atoms with E-state index in [1.165, 1.54) is 24.3 Å². The number of nitrogens with one attached hydrogen (secondary N) is 1. The van der Waals surface area contributed by atoms with Crippen LogP contribution in [0.5, 0.6) is 0 Å². The van der Waals surface area contributed by atoms with Gasteiger partial charge >= 0.3 is 5.97 Å². The molecule has 1 N–H and O–H groups in total. The van der Waals surface area contributed by atoms with Crippen LogP contribution in [0.4, 0.5) is 9.39 Å². The van der Waals surface area contributed by atoms with Crippen molar-refractivity contribution in [1.82, 2.24) is 4.90 Å². The van der Waals surface area contributed by atoms with Gasteiger partial charge in [0.15, 0.2) is 0 Å². The molecular formula is C22H24ClFN2O4S. The summed E-state index contributed by atoms with van der Waals surface area (Å²) in [6.45, 7) is 8.19. The molecule has 0 bridgehead atoms. The van der Waals surface area contributed by atoms with E-state index >= 15 is 0 Å². The molecule has 1 heterocycles. The van der Waals surface area contributed by atoms with Gasteiger partial charge in [-0.15, -0.1) is 11.3 Å². The van der Waals surface area contributed by atoms with E-state index < -0.39 is 17.7 Å². The smallest absolute Gasteiger partial charge is 0.341 e. The highest BCUT2D eigenvalue weighted by molar-refractivity contribution is 7.18. The van der Waals surface area contributed by atoms with Gasteiger partial charge in [-0.1, -0.05) is 17.7 Å². The number of nitrogens with zero attached hydrogens (tertiary/aromatic N) is 1. The lowest BCUT2D eigenvalue weighted by atomic mass is 10.1. The summed E-state index contributed by atoms with van der Waals surface area (Å²) in [4.78, 5) is 39.8. The maximum absolute atomic E-state index is 13.9. The molecule has 1 aromatic heterocycles. The normalized spacial score (nSPS) is 10.9. The lowest BCUT2D eigenvalue weighted by Crippen LogP contribution is -2.30. The SMILES string of the molecule is CCOC(=O)c1c(NC(=O)/C=C/c2c(F)cccc2Cl)sc(C(=O)N(CC)CC)c1C. The molecule has 0 fully saturated rings. The monoisotopic (exact) mass is 466 g/mol. The topological polar surface area (TPSA) is 75.7 Å². The minimum absolute atomic E-state index is 0.0738. The second-order valence-electron chi connectivity index (χ2n) is 6.42. The molecule has 0 atom stereocenters. The van der Waals surface area contributed by atoms with Crippen molar-refractivity contribution in [3.05, 3.63) is 56.7 Å². The highest BCUT2D eigenvalue weighted by Crippen LogP contribution is 2.34. The first-order chi connectivity index (χ1) is 14.7. The van der Waals surface area contributed by atoms with Gasteiger partial charge in [0.05, 0.1) is 22.1 Å². The summed E-state index contributed by atoms with van der Waals surface area (Å²) in [6, 6.07) is 4.20. The van der Waals surface area contributed by atoms with Gasteiger partial charge in [0, 0.05) is 24.7 Å². The molecule has 2 rings (SSSR count). The van der Waals surface area contributed by atoms with Gasteiger partial charge in [-0.3, -0.25) is 9.59 Å². The molecule has 0 saturated carbocycles. The van der Waals surface area contributed by atoms with Crippen molar-refractivity contribution in [2.45, 2.75) is 27.7 Å². The second kappa shape index (κ2) is 11.1. The zero-order chi connectivity index (χ0) is 23.1. The van der Waals surface area contributed by atoms with E-state index in [0.29, 0.717) is 23.5 Å². The standard InChI is InChI=1S/C22H24ClFN2O4S/c1-5-26(6-2)21(28)19-13(4)18(22(29)30-7-3)20(31-19)25-17(27)12-11-14-15(23)9-8-10-16(14)24/h8-12H,5-7H2,1-4H3,(H,25,27)/b12-11+. The Labute approximate surface area is 189 Å². The van der Waals surface area contributed by atoms with Gasteiger partial charge in [0.25, 0.3) is 5.91 Å². The maximum atomic E-state index is 13.9. The predicted octanol–water partition coefficient (Wildman–Crippen LogP) is 5.16. The highest BCUT2D eigenvalue weighted by Gasteiger charge is 2.28. The number of rotatable bonds is 8. The number of amides is 2. The molecule has 0 aliphatic rings. The van der Waals surface area contributed by atoms with Crippen LogP contribution in [0.25, 0.3) is 6.08 Å². The van der Waals surface area contributed by atoms with Crippen molar-refractivity contribution in [1.29, 1.82) is 0 Å². The summed E-state index contributed by atoms with van der Waals surface area (Å²) >= 11 is 6.97. The maximum Gasteiger partial charge on any atom is 0.341 e. The zero-order valence-corrected chi connectivity index (χ0v) is 19.3. The number of hydrogen-bond donors (Lipinski definition) is 1. The third-order valence-electron chi connectivity index (χ3n) is 4.51. The van der Waals surface area contributed by atoms with Crippen LogP contribution in [-0.2, 0) is 9.53 Å². The Balaban J connectivity index is 2.38. The number of carbonyl (C=O) groups is 3. The van der Waals surface area contributed by atoms with Crippen molar-refractivity contribution < 1.29 is 23.5 Å². The molecule has 6 nitrogen and oxygen atoms in total. The molecule has 1 aromatic carbocycles. The van der Waals surface area contributed by atoms with Crippen LogP contribution in [0, 0.1) is 12.7 Å². The number of esters is 1. The molecule has 9 heteroatoms. The Morgan fingerprint density at radius 1 is 1.23 bits per heavy atom. The number of halogens is 2. The molecule has 31 heavy (non-hydrogen) atoms. The van der Waals surface area contributed by atoms with Crippen molar-refractivity contribution >= 4 is 51.8 Å². The molecule has 0 unspecified atom stereocenters. The van der Waals surface area contributed by atoms with Crippen LogP contribution < -0.4 is 5.32 Å². The number of benzene rings is 1. The summed E-state index contributed by atoms with van der Waals surface area (Å²) in [5, 5.41) is 2.96. The number of carbonyl (C=O) groups excluding carboxylic acids is 3. The Hall–Kier alpha value is -2.71. The number of thiophene rings is 1. The predicted molar refractivity (Wildman–Crippen MR) is 121 cm³/mol. The number of anilines is 1. The van der Waals surface area contributed by atoms with E-state index in [-0.39, 0.29) is 33.7 Å². The molecule has 0 aliphatic carbocycles. The number of hydrogen-bond acceptors (Lipinski definition) is 5. The average Bonchev–Trinajstić information content (AvgIpc) is 3.04. The summed E-state index contributed by atoms with van der Waals surface area (Å²) in [7, 11) is 0. The summed E-state index contributed by atoms with van der Waals surface area (Å²) in [6.07, 6.45) is 2.36. The van der Waals surface area contributed by atoms with Crippen LogP contribution in [0.2, 0.25) is 5.02 Å². The zero-order valence-electron chi connectivity index (χ0n) is 17.8. The van der Waals surface area contributed by atoms with E-state index in [9.17, 15) is 18.8 Å². The molecule has 0 radical (unpaired) electrons. The summed E-state index contributed by atoms with van der Waals surface area (Å²) in [5.41, 5.74) is 0.648. The molecule has 0 aliphatic heterocycles. The van der Waals surface area contributed by atoms with Gasteiger partial charge in [0.2, 0.25) is 5.91 Å². The third-order valence-corrected chi connectivity index (χ3v) is 6.03. The second-order valence-corrected chi connectivity index (χ2v) is 7.84. The lowest BCUT2D eigenvalue weighted by Gasteiger charge is -2.18. The first-order valence-electron chi connectivity index (χ1n) is 9.77. The van der Waals surface area contributed by atoms with E-state index in [4.69, 9.17) is 16.3 Å². The molecule has 0 saturated heterocycles. The molecule has 2 amide bonds. The van der Waals surface area contributed by atoms with Gasteiger partial charge in [-0.2, -0.15) is 0 Å². The van der Waals surface area contributed by atoms with Gasteiger partial charge in [-0.05, 0) is 51.5 Å². The quantitative estimate of drug-likeness (QED) is 0.430. The van der Waals surface area contributed by atoms with Gasteiger partial charge in [-0.25, -0.2) is 9.18 Å². The van der Waals surface area contributed by atoms with Crippen LogP contribution in [0.3, 0.4) is 0 Å². The van der Waals surface area contributed by atoms with Crippen LogP contribution >= 0.6 is 22.9 Å². The minimum atomic E-state index is -0.633. The van der Waals surface area contributed by atoms with E-state index in [0.717, 1.165) is 17.4 Å². The van der Waals surface area contributed by atoms with Crippen molar-refractivity contribution in [3.63, 3.8) is 0 Å². The van der Waals surface area contributed by atoms with E-state index in [1.54, 1.807) is 18.7 Å². The largest absolute Gasteiger partial charge is 0.462 e. The first-order valence-corrected chi connectivity index (χ1v) is 11.0. The van der Waals surface area contributed by atoms with E-state index in [1.807, 2.05) is 13.8 Å². The lowest BCUT2D eigenvalue weighted by molar-refractivity contribution is -0.111. The molecule has 0 spiro atoms. The first kappa shape index (κ1) is 24.6. The van der Waals surface area contributed by atoms with Crippen molar-refractivity contribution in [3.8, 4) is 0 Å². The molecule has 2 aromatic rings. The average molecular weight is 467 g/mol. The van der Waals surface area contributed by atoms with Crippen molar-refractivity contribution in [2.75, 3.05) is 25.0 Å². The fourth-order valence-electron chi connectivity index (χ4n) is 2.89. The van der Waals surface area contributed by atoms with E-state index in [2.05, 4.69) is 5.32 Å². The van der Waals surface area contributed by atoms with Crippen LogP contribution in [0.1, 0.15) is 51.9 Å². The number of ether oxygens (including phenoxy) is 1. The minimum Gasteiger partial charge on any atom is -0.462 e. The summed E-state index contributed by atoms with van der Waals surface area (Å²) in [5.74, 6) is -2.03. The fraction of sp³-hybridized carbons (Fsp3) is 0.318. The Morgan fingerprint density at radius 2 is 1.90 bits per heavy atom. The summed E-state index contributed by atoms with van der Waals surface area (Å²) < 4.78 is 19.0. The van der Waals surface area contributed by atoms with Crippen molar-refractivity contribution in [2.24, 2.45) is 0 Å². The fourth-order valence-corrected chi connectivity index (χ4v) is 4.28.